The molecule has 0 N–H and O–H groups in total. The lowest BCUT2D eigenvalue weighted by molar-refractivity contribution is 0.0956. The molecular weight excluding hydrogens is 334 g/mol. The lowest BCUT2D eigenvalue weighted by Gasteiger charge is -2.18. The molecule has 1 heterocycles. The summed E-state index contributed by atoms with van der Waals surface area (Å²) in [6.45, 7) is 6.18. The number of hydrogen-bond acceptors (Lipinski definition) is 5. The topological polar surface area (TPSA) is 70.7 Å². The molecule has 26 heavy (non-hydrogen) atoms. The summed E-state index contributed by atoms with van der Waals surface area (Å²) in [5.74, 6) is -0.303. The molecule has 6 nitrogen and oxygen atoms in total. The molecule has 0 radical (unpaired) electrons. The van der Waals surface area contributed by atoms with Crippen molar-refractivity contribution in [2.75, 3.05) is 14.2 Å². The van der Waals surface area contributed by atoms with Gasteiger partial charge in [0.15, 0.2) is 5.58 Å². The minimum atomic E-state index is -0.724. The Hall–Kier alpha value is -3.02. The van der Waals surface area contributed by atoms with Gasteiger partial charge < -0.3 is 13.9 Å². The SMILES string of the molecule is COc1cc(OC)cc(C(=O)n2c(=O)oc3ccc(C(C)(C)C)cc32)c1. The first-order valence-corrected chi connectivity index (χ1v) is 8.18. The third-order valence-electron chi connectivity index (χ3n) is 4.25. The van der Waals surface area contributed by atoms with Crippen molar-refractivity contribution in [1.29, 1.82) is 0 Å². The number of fused-ring (bicyclic) bond motifs is 1. The molecule has 1 aromatic heterocycles. The van der Waals surface area contributed by atoms with Crippen molar-refractivity contribution in [3.8, 4) is 11.5 Å². The van der Waals surface area contributed by atoms with Crippen LogP contribution in [0.5, 0.6) is 11.5 Å². The van der Waals surface area contributed by atoms with Gasteiger partial charge in [-0.15, -0.1) is 0 Å². The minimum absolute atomic E-state index is 0.130. The standard InChI is InChI=1S/C20H21NO5/c1-20(2,3)13-6-7-17-16(10-13)21(19(23)26-17)18(22)12-8-14(24-4)11-15(9-12)25-5/h6-11H,1-5H3. The quantitative estimate of drug-likeness (QED) is 0.718. The third kappa shape index (κ3) is 3.10. The maximum Gasteiger partial charge on any atom is 0.427 e. The van der Waals surface area contributed by atoms with Gasteiger partial charge in [0.05, 0.1) is 19.7 Å². The fourth-order valence-corrected chi connectivity index (χ4v) is 2.74. The summed E-state index contributed by atoms with van der Waals surface area (Å²) in [7, 11) is 3.00. The van der Waals surface area contributed by atoms with Crippen LogP contribution >= 0.6 is 0 Å². The second-order valence-electron chi connectivity index (χ2n) is 7.04. The zero-order valence-corrected chi connectivity index (χ0v) is 15.5. The Morgan fingerprint density at radius 1 is 1.00 bits per heavy atom. The van der Waals surface area contributed by atoms with E-state index in [9.17, 15) is 9.59 Å². The molecule has 2 aromatic carbocycles. The molecule has 3 rings (SSSR count). The van der Waals surface area contributed by atoms with Crippen LogP contribution in [0.3, 0.4) is 0 Å². The van der Waals surface area contributed by atoms with Crippen LogP contribution in [-0.2, 0) is 5.41 Å². The molecule has 0 spiro atoms. The number of ether oxygens (including phenoxy) is 2. The van der Waals surface area contributed by atoms with Gasteiger partial charge >= 0.3 is 5.76 Å². The number of benzene rings is 2. The molecule has 3 aromatic rings. The van der Waals surface area contributed by atoms with Crippen LogP contribution in [0, 0.1) is 0 Å². The van der Waals surface area contributed by atoms with E-state index >= 15 is 0 Å². The monoisotopic (exact) mass is 355 g/mol. The fraction of sp³-hybridized carbons (Fsp3) is 0.300. The lowest BCUT2D eigenvalue weighted by Crippen LogP contribution is -2.23. The number of methoxy groups -OCH3 is 2. The van der Waals surface area contributed by atoms with Gasteiger partial charge in [0.1, 0.15) is 11.5 Å². The predicted octanol–water partition coefficient (Wildman–Crippen LogP) is 3.60. The van der Waals surface area contributed by atoms with Gasteiger partial charge in [-0.25, -0.2) is 9.36 Å². The zero-order chi connectivity index (χ0) is 19.1. The maximum absolute atomic E-state index is 13.0. The van der Waals surface area contributed by atoms with E-state index in [4.69, 9.17) is 13.9 Å². The molecule has 0 unspecified atom stereocenters. The van der Waals surface area contributed by atoms with E-state index in [2.05, 4.69) is 20.8 Å². The van der Waals surface area contributed by atoms with Crippen molar-refractivity contribution >= 4 is 17.0 Å². The minimum Gasteiger partial charge on any atom is -0.497 e. The van der Waals surface area contributed by atoms with Gasteiger partial charge in [-0.2, -0.15) is 0 Å². The number of hydrogen-bond donors (Lipinski definition) is 0. The van der Waals surface area contributed by atoms with Gasteiger partial charge in [-0.05, 0) is 35.2 Å². The molecule has 0 aliphatic rings. The summed E-state index contributed by atoms with van der Waals surface area (Å²) >= 11 is 0. The Morgan fingerprint density at radius 2 is 1.62 bits per heavy atom. The van der Waals surface area contributed by atoms with Crippen LogP contribution in [0.15, 0.2) is 45.6 Å². The molecule has 0 saturated carbocycles. The summed E-state index contributed by atoms with van der Waals surface area (Å²) in [5.41, 5.74) is 1.94. The summed E-state index contributed by atoms with van der Waals surface area (Å²) in [6, 6.07) is 10.2. The Balaban J connectivity index is 2.20. The molecule has 6 heteroatoms. The lowest BCUT2D eigenvalue weighted by atomic mass is 9.87. The van der Waals surface area contributed by atoms with Gasteiger partial charge in [0, 0.05) is 11.6 Å². The molecule has 136 valence electrons. The van der Waals surface area contributed by atoms with Crippen molar-refractivity contribution in [2.24, 2.45) is 0 Å². The molecule has 0 fully saturated rings. The van der Waals surface area contributed by atoms with E-state index in [-0.39, 0.29) is 11.0 Å². The van der Waals surface area contributed by atoms with E-state index in [0.29, 0.717) is 22.6 Å². The van der Waals surface area contributed by atoms with Crippen molar-refractivity contribution in [3.05, 3.63) is 58.1 Å². The van der Waals surface area contributed by atoms with Crippen LogP contribution in [0.2, 0.25) is 0 Å². The molecular formula is C20H21NO5. The second-order valence-corrected chi connectivity index (χ2v) is 7.04. The number of oxazole rings is 1. The first-order valence-electron chi connectivity index (χ1n) is 8.18. The zero-order valence-electron chi connectivity index (χ0n) is 15.5. The predicted molar refractivity (Wildman–Crippen MR) is 98.4 cm³/mol. The number of carbonyl (C=O) groups excluding carboxylic acids is 1. The summed E-state index contributed by atoms with van der Waals surface area (Å²) in [4.78, 5) is 25.4. The highest BCUT2D eigenvalue weighted by molar-refractivity contribution is 6.01. The molecule has 0 atom stereocenters. The maximum atomic E-state index is 13.0. The largest absolute Gasteiger partial charge is 0.497 e. The first kappa shape index (κ1) is 17.8. The second kappa shape index (κ2) is 6.37. The van der Waals surface area contributed by atoms with Crippen LogP contribution in [0.4, 0.5) is 0 Å². The first-order chi connectivity index (χ1) is 12.2. The number of aromatic nitrogens is 1. The molecule has 0 saturated heterocycles. The Bertz CT molecular complexity index is 1010. The van der Waals surface area contributed by atoms with E-state index in [1.165, 1.54) is 14.2 Å². The van der Waals surface area contributed by atoms with Crippen LogP contribution < -0.4 is 15.2 Å². The fourth-order valence-electron chi connectivity index (χ4n) is 2.74. The van der Waals surface area contributed by atoms with Crippen LogP contribution in [0.25, 0.3) is 11.1 Å². The Morgan fingerprint density at radius 3 is 2.15 bits per heavy atom. The summed E-state index contributed by atoms with van der Waals surface area (Å²) in [6.07, 6.45) is 0. The van der Waals surface area contributed by atoms with E-state index < -0.39 is 11.7 Å². The molecule has 0 amide bonds. The van der Waals surface area contributed by atoms with Gasteiger partial charge in [0.2, 0.25) is 0 Å². The Labute approximate surface area is 150 Å². The van der Waals surface area contributed by atoms with Crippen molar-refractivity contribution in [3.63, 3.8) is 0 Å². The smallest absolute Gasteiger partial charge is 0.427 e. The molecule has 0 aliphatic carbocycles. The van der Waals surface area contributed by atoms with E-state index in [0.717, 1.165) is 10.1 Å². The highest BCUT2D eigenvalue weighted by Gasteiger charge is 2.22. The normalized spacial score (nSPS) is 11.6. The summed E-state index contributed by atoms with van der Waals surface area (Å²) < 4.78 is 16.7. The van der Waals surface area contributed by atoms with E-state index in [1.807, 2.05) is 12.1 Å². The highest BCUT2D eigenvalue weighted by atomic mass is 16.5. The number of nitrogens with zero attached hydrogens (tertiary/aromatic N) is 1. The molecule has 0 aliphatic heterocycles. The van der Waals surface area contributed by atoms with Gasteiger partial charge in [0.25, 0.3) is 5.91 Å². The van der Waals surface area contributed by atoms with Crippen molar-refractivity contribution in [1.82, 2.24) is 4.57 Å². The van der Waals surface area contributed by atoms with Crippen LogP contribution in [0.1, 0.15) is 36.7 Å². The third-order valence-corrected chi connectivity index (χ3v) is 4.25. The van der Waals surface area contributed by atoms with Crippen LogP contribution in [-0.4, -0.2) is 24.7 Å². The van der Waals surface area contributed by atoms with Crippen molar-refractivity contribution in [2.45, 2.75) is 26.2 Å². The highest BCUT2D eigenvalue weighted by Crippen LogP contribution is 2.27. The molecule has 0 bridgehead atoms. The van der Waals surface area contributed by atoms with Crippen molar-refractivity contribution < 1.29 is 18.7 Å². The van der Waals surface area contributed by atoms with Gasteiger partial charge in [-0.3, -0.25) is 4.79 Å². The average molecular weight is 355 g/mol. The summed E-state index contributed by atoms with van der Waals surface area (Å²) in [5, 5.41) is 0. The average Bonchev–Trinajstić information content (AvgIpc) is 2.94. The van der Waals surface area contributed by atoms with E-state index in [1.54, 1.807) is 24.3 Å². The van der Waals surface area contributed by atoms with Gasteiger partial charge in [-0.1, -0.05) is 26.8 Å². The Kier molecular flexibility index (Phi) is 4.36. The number of rotatable bonds is 3. The number of carbonyl (C=O) groups is 1.